The maximum atomic E-state index is 13.7. The average molecular weight is 494 g/mol. The van der Waals surface area contributed by atoms with Gasteiger partial charge in [0.05, 0.1) is 21.2 Å². The van der Waals surface area contributed by atoms with Crippen LogP contribution in [0.5, 0.6) is 11.5 Å². The molecule has 2 aromatic carbocycles. The average Bonchev–Trinajstić information content (AvgIpc) is 2.88. The number of benzene rings is 2. The van der Waals surface area contributed by atoms with Crippen molar-refractivity contribution in [3.05, 3.63) is 36.4 Å². The van der Waals surface area contributed by atoms with Gasteiger partial charge in [-0.15, -0.1) is 11.8 Å². The maximum absolute atomic E-state index is 13.7. The summed E-state index contributed by atoms with van der Waals surface area (Å²) in [6.07, 6.45) is 5.21. The first-order chi connectivity index (χ1) is 15.6. The summed E-state index contributed by atoms with van der Waals surface area (Å²) < 4.78 is 32.9. The van der Waals surface area contributed by atoms with Crippen LogP contribution >= 0.6 is 11.8 Å². The van der Waals surface area contributed by atoms with Gasteiger partial charge in [-0.3, -0.25) is 0 Å². The predicted octanol–water partition coefficient (Wildman–Crippen LogP) is 5.09. The third-order valence-electron chi connectivity index (χ3n) is 6.18. The summed E-state index contributed by atoms with van der Waals surface area (Å²) in [6.45, 7) is 4.09. The zero-order valence-corrected chi connectivity index (χ0v) is 20.8. The number of fused-ring (bicyclic) bond motifs is 1. The van der Waals surface area contributed by atoms with Gasteiger partial charge in [0.1, 0.15) is 11.5 Å². The Kier molecular flexibility index (Phi) is 7.84. The van der Waals surface area contributed by atoms with Crippen LogP contribution < -0.4 is 9.64 Å². The van der Waals surface area contributed by atoms with Gasteiger partial charge in [-0.2, -0.15) is 0 Å². The molecule has 1 heterocycles. The molecule has 0 radical (unpaired) electrons. The smallest absolute Gasteiger partial charge is 0.341 e. The Morgan fingerprint density at radius 1 is 1.21 bits per heavy atom. The van der Waals surface area contributed by atoms with Crippen molar-refractivity contribution in [2.45, 2.75) is 49.3 Å². The number of hydrogen-bond donors (Lipinski definition) is 2. The van der Waals surface area contributed by atoms with E-state index in [1.165, 1.54) is 17.8 Å². The highest BCUT2D eigenvalue weighted by atomic mass is 32.2. The van der Waals surface area contributed by atoms with Crippen molar-refractivity contribution >= 4 is 38.9 Å². The van der Waals surface area contributed by atoms with E-state index in [0.717, 1.165) is 24.9 Å². The van der Waals surface area contributed by atoms with E-state index in [1.54, 1.807) is 30.3 Å². The van der Waals surface area contributed by atoms with E-state index in [4.69, 9.17) is 9.84 Å². The molecule has 1 aliphatic rings. The molecule has 180 valence electrons. The number of phenols is 1. The van der Waals surface area contributed by atoms with Crippen molar-refractivity contribution < 1.29 is 28.2 Å². The van der Waals surface area contributed by atoms with Gasteiger partial charge < -0.3 is 19.8 Å². The molecule has 0 saturated heterocycles. The molecular weight excluding hydrogens is 462 g/mol. The van der Waals surface area contributed by atoms with Crippen LogP contribution in [0, 0.1) is 5.41 Å². The zero-order chi connectivity index (χ0) is 24.2. The SMILES string of the molecule is CCCC[C@]1(CC)CN(c2ccc(O)cc2)c2cc(SC)c(OCC(=O)O)cc2S(=O)(=O)C1. The van der Waals surface area contributed by atoms with E-state index >= 15 is 0 Å². The Bertz CT molecular complexity index is 1100. The van der Waals surface area contributed by atoms with E-state index in [-0.39, 0.29) is 22.1 Å². The minimum Gasteiger partial charge on any atom is -0.508 e. The Morgan fingerprint density at radius 3 is 2.48 bits per heavy atom. The van der Waals surface area contributed by atoms with Crippen molar-refractivity contribution in [2.75, 3.05) is 30.1 Å². The number of thioether (sulfide) groups is 1. The largest absolute Gasteiger partial charge is 0.508 e. The zero-order valence-electron chi connectivity index (χ0n) is 19.2. The monoisotopic (exact) mass is 493 g/mol. The van der Waals surface area contributed by atoms with Crippen molar-refractivity contribution in [1.29, 1.82) is 0 Å². The molecule has 9 heteroatoms. The van der Waals surface area contributed by atoms with Crippen molar-refractivity contribution in [1.82, 2.24) is 0 Å². The number of hydrogen-bond acceptors (Lipinski definition) is 7. The van der Waals surface area contributed by atoms with Crippen LogP contribution in [0.4, 0.5) is 11.4 Å². The first-order valence-electron chi connectivity index (χ1n) is 11.0. The highest BCUT2D eigenvalue weighted by molar-refractivity contribution is 7.98. The van der Waals surface area contributed by atoms with Crippen LogP contribution in [0.1, 0.15) is 39.5 Å². The lowest BCUT2D eigenvalue weighted by molar-refractivity contribution is -0.139. The number of sulfone groups is 1. The summed E-state index contributed by atoms with van der Waals surface area (Å²) >= 11 is 1.37. The molecule has 0 bridgehead atoms. The van der Waals surface area contributed by atoms with E-state index < -0.39 is 27.8 Å². The maximum Gasteiger partial charge on any atom is 0.341 e. The number of aliphatic carboxylic acids is 1. The van der Waals surface area contributed by atoms with Crippen LogP contribution in [0.3, 0.4) is 0 Å². The lowest BCUT2D eigenvalue weighted by atomic mass is 9.81. The second-order valence-corrected chi connectivity index (χ2v) is 11.3. The molecule has 0 unspecified atom stereocenters. The quantitative estimate of drug-likeness (QED) is 0.466. The summed E-state index contributed by atoms with van der Waals surface area (Å²) in [5.41, 5.74) is 0.874. The molecule has 1 atom stereocenters. The van der Waals surface area contributed by atoms with Gasteiger partial charge in [-0.1, -0.05) is 26.7 Å². The first kappa shape index (κ1) is 25.2. The van der Waals surface area contributed by atoms with Gasteiger partial charge in [0.2, 0.25) is 0 Å². The minimum atomic E-state index is -3.69. The molecule has 2 N–H and O–H groups in total. The van der Waals surface area contributed by atoms with Gasteiger partial charge in [0.25, 0.3) is 0 Å². The van der Waals surface area contributed by atoms with Crippen LogP contribution in [0.25, 0.3) is 0 Å². The van der Waals surface area contributed by atoms with E-state index in [2.05, 4.69) is 6.92 Å². The topological polar surface area (TPSA) is 104 Å². The van der Waals surface area contributed by atoms with E-state index in [1.807, 2.05) is 18.1 Å². The lowest BCUT2D eigenvalue weighted by Crippen LogP contribution is -2.37. The molecule has 2 aromatic rings. The van der Waals surface area contributed by atoms with Crippen molar-refractivity contribution in [3.63, 3.8) is 0 Å². The van der Waals surface area contributed by atoms with Crippen LogP contribution in [0.2, 0.25) is 0 Å². The predicted molar refractivity (Wildman–Crippen MR) is 131 cm³/mol. The van der Waals surface area contributed by atoms with Gasteiger partial charge in [0.15, 0.2) is 16.4 Å². The molecular formula is C24H31NO6S2. The van der Waals surface area contributed by atoms with E-state index in [0.29, 0.717) is 23.5 Å². The summed E-state index contributed by atoms with van der Waals surface area (Å²) in [7, 11) is -3.69. The lowest BCUT2D eigenvalue weighted by Gasteiger charge is -2.36. The summed E-state index contributed by atoms with van der Waals surface area (Å²) in [5, 5.41) is 18.8. The molecule has 0 aromatic heterocycles. The van der Waals surface area contributed by atoms with Crippen molar-refractivity contribution in [2.24, 2.45) is 5.41 Å². The molecule has 0 saturated carbocycles. The number of aromatic hydroxyl groups is 1. The molecule has 0 fully saturated rings. The van der Waals surface area contributed by atoms with Gasteiger partial charge in [-0.25, -0.2) is 13.2 Å². The number of phenolic OH excluding ortho intramolecular Hbond substituents is 1. The normalized spacial score (nSPS) is 19.5. The third-order valence-corrected chi connectivity index (χ3v) is 8.93. The number of anilines is 2. The number of nitrogens with zero attached hydrogens (tertiary/aromatic N) is 1. The Hall–Kier alpha value is -2.39. The fourth-order valence-electron chi connectivity index (χ4n) is 4.31. The molecule has 0 aliphatic carbocycles. The first-order valence-corrected chi connectivity index (χ1v) is 13.9. The summed E-state index contributed by atoms with van der Waals surface area (Å²) in [5.74, 6) is -0.739. The highest BCUT2D eigenvalue weighted by Crippen LogP contribution is 2.47. The van der Waals surface area contributed by atoms with E-state index in [9.17, 15) is 18.3 Å². The molecule has 7 nitrogen and oxygen atoms in total. The summed E-state index contributed by atoms with van der Waals surface area (Å²) in [4.78, 5) is 13.9. The Morgan fingerprint density at radius 2 is 1.91 bits per heavy atom. The second kappa shape index (κ2) is 10.3. The van der Waals surface area contributed by atoms with Crippen LogP contribution in [-0.4, -0.2) is 49.8 Å². The van der Waals surface area contributed by atoms with Gasteiger partial charge in [0, 0.05) is 23.7 Å². The van der Waals surface area contributed by atoms with Crippen LogP contribution in [0.15, 0.2) is 46.2 Å². The van der Waals surface area contributed by atoms with Crippen molar-refractivity contribution in [3.8, 4) is 11.5 Å². The fraction of sp³-hybridized carbons (Fsp3) is 0.458. The number of carboxylic acids is 1. The number of rotatable bonds is 9. The number of carbonyl (C=O) groups is 1. The molecule has 1 aliphatic heterocycles. The number of unbranched alkanes of at least 4 members (excludes halogenated alkanes) is 1. The Labute approximate surface area is 199 Å². The minimum absolute atomic E-state index is 0.00900. The fourth-order valence-corrected chi connectivity index (χ4v) is 7.03. The Balaban J connectivity index is 2.24. The number of carboxylic acid groups (broad SMARTS) is 1. The number of ether oxygens (including phenoxy) is 1. The second-order valence-electron chi connectivity index (χ2n) is 8.47. The molecule has 0 spiro atoms. The van der Waals surface area contributed by atoms with Gasteiger partial charge in [-0.05, 0) is 49.4 Å². The summed E-state index contributed by atoms with van der Waals surface area (Å²) in [6, 6.07) is 9.99. The van der Waals surface area contributed by atoms with Crippen LogP contribution in [-0.2, 0) is 14.6 Å². The third kappa shape index (κ3) is 5.58. The highest BCUT2D eigenvalue weighted by Gasteiger charge is 2.42. The molecule has 3 rings (SSSR count). The molecule has 33 heavy (non-hydrogen) atoms. The van der Waals surface area contributed by atoms with Gasteiger partial charge >= 0.3 is 5.97 Å². The standard InChI is InChI=1S/C24H31NO6S2/c1-4-6-11-24(5-2)15-25(17-7-9-18(26)10-8-17)19-12-21(32-3)20(31-14-23(27)28)13-22(19)33(29,30)16-24/h7-10,12-13,26H,4-6,11,14-16H2,1-3H3,(H,27,28)/t24-/m1/s1. The molecule has 0 amide bonds.